The molecule has 1 fully saturated rings. The predicted octanol–water partition coefficient (Wildman–Crippen LogP) is 0.645. The van der Waals surface area contributed by atoms with E-state index in [4.69, 9.17) is 6.42 Å². The summed E-state index contributed by atoms with van der Waals surface area (Å²) in [5, 5.41) is 0. The number of methoxy groups -OCH3 is 1. The van der Waals surface area contributed by atoms with Crippen LogP contribution in [0.15, 0.2) is 0 Å². The fourth-order valence-corrected chi connectivity index (χ4v) is 1.52. The Balaban J connectivity index is 2.66. The molecule has 1 rings (SSSR count). The van der Waals surface area contributed by atoms with Gasteiger partial charge in [0, 0.05) is 6.54 Å². The van der Waals surface area contributed by atoms with Gasteiger partial charge in [0.2, 0.25) is 0 Å². The zero-order chi connectivity index (χ0) is 10.1. The Hall–Kier alpha value is -1.01. The van der Waals surface area contributed by atoms with Crippen LogP contribution in [0.1, 0.15) is 20.3 Å². The molecule has 1 aliphatic heterocycles. The second-order valence-corrected chi connectivity index (χ2v) is 3.72. The number of ether oxygens (including phenoxy) is 1. The molecular weight excluding hydrogens is 166 g/mol. The zero-order valence-corrected chi connectivity index (χ0v) is 8.33. The first-order valence-corrected chi connectivity index (χ1v) is 4.35. The molecule has 1 unspecified atom stereocenters. The molecule has 0 amide bonds. The van der Waals surface area contributed by atoms with E-state index in [0.717, 1.165) is 13.0 Å². The van der Waals surface area contributed by atoms with E-state index in [1.165, 1.54) is 7.11 Å². The van der Waals surface area contributed by atoms with Gasteiger partial charge in [-0.25, -0.2) is 0 Å². The Kier molecular flexibility index (Phi) is 2.63. The van der Waals surface area contributed by atoms with Crippen molar-refractivity contribution in [2.24, 2.45) is 0 Å². The van der Waals surface area contributed by atoms with Gasteiger partial charge in [-0.05, 0) is 20.3 Å². The number of carbonyl (C=O) groups excluding carboxylic acids is 1. The van der Waals surface area contributed by atoms with Crippen molar-refractivity contribution < 1.29 is 9.53 Å². The van der Waals surface area contributed by atoms with Crippen molar-refractivity contribution in [2.45, 2.75) is 31.8 Å². The van der Waals surface area contributed by atoms with Gasteiger partial charge in [-0.1, -0.05) is 5.92 Å². The topological polar surface area (TPSA) is 29.5 Å². The monoisotopic (exact) mass is 181 g/mol. The first-order chi connectivity index (χ1) is 6.03. The highest BCUT2D eigenvalue weighted by Gasteiger charge is 2.42. The van der Waals surface area contributed by atoms with Gasteiger partial charge in [-0.2, -0.15) is 0 Å². The summed E-state index contributed by atoms with van der Waals surface area (Å²) in [6, 6.07) is -0.143. The Morgan fingerprint density at radius 3 is 2.62 bits per heavy atom. The molecule has 0 bridgehead atoms. The van der Waals surface area contributed by atoms with E-state index >= 15 is 0 Å². The maximum atomic E-state index is 11.2. The second-order valence-electron chi connectivity index (χ2n) is 3.72. The maximum absolute atomic E-state index is 11.2. The fourth-order valence-electron chi connectivity index (χ4n) is 1.52. The van der Waals surface area contributed by atoms with Crippen molar-refractivity contribution in [3.8, 4) is 12.3 Å². The molecular formula is C10H15NO2. The standard InChI is InChI=1S/C10H15NO2/c1-5-10(2,3)11-7-6-8(11)9(12)13-4/h1,8H,6-7H2,2-4H3. The van der Waals surface area contributed by atoms with Crippen molar-refractivity contribution in [2.75, 3.05) is 13.7 Å². The van der Waals surface area contributed by atoms with E-state index in [-0.39, 0.29) is 17.6 Å². The molecule has 3 heteroatoms. The highest BCUT2D eigenvalue weighted by atomic mass is 16.5. The number of carbonyl (C=O) groups is 1. The highest BCUT2D eigenvalue weighted by Crippen LogP contribution is 2.27. The molecule has 1 aliphatic rings. The van der Waals surface area contributed by atoms with Crippen LogP contribution in [0.5, 0.6) is 0 Å². The van der Waals surface area contributed by atoms with Crippen LogP contribution in [0, 0.1) is 12.3 Å². The van der Waals surface area contributed by atoms with Crippen LogP contribution >= 0.6 is 0 Å². The number of esters is 1. The van der Waals surface area contributed by atoms with Crippen LogP contribution in [-0.2, 0) is 9.53 Å². The lowest BCUT2D eigenvalue weighted by atomic mass is 9.92. The Bertz CT molecular complexity index is 252. The number of hydrogen-bond donors (Lipinski definition) is 0. The summed E-state index contributed by atoms with van der Waals surface area (Å²) < 4.78 is 4.67. The van der Waals surface area contributed by atoms with Gasteiger partial charge < -0.3 is 4.74 Å². The molecule has 0 radical (unpaired) electrons. The van der Waals surface area contributed by atoms with Crippen molar-refractivity contribution in [1.82, 2.24) is 4.90 Å². The Morgan fingerprint density at radius 2 is 2.31 bits per heavy atom. The smallest absolute Gasteiger partial charge is 0.323 e. The summed E-state index contributed by atoms with van der Waals surface area (Å²) in [4.78, 5) is 13.2. The lowest BCUT2D eigenvalue weighted by Crippen LogP contribution is -2.61. The first kappa shape index (κ1) is 10.1. The second kappa shape index (κ2) is 3.39. The molecule has 3 nitrogen and oxygen atoms in total. The lowest BCUT2D eigenvalue weighted by molar-refractivity contribution is -0.155. The highest BCUT2D eigenvalue weighted by molar-refractivity contribution is 5.77. The van der Waals surface area contributed by atoms with Crippen molar-refractivity contribution in [3.63, 3.8) is 0 Å². The van der Waals surface area contributed by atoms with Crippen LogP contribution in [0.3, 0.4) is 0 Å². The molecule has 1 heterocycles. The summed E-state index contributed by atoms with van der Waals surface area (Å²) >= 11 is 0. The maximum Gasteiger partial charge on any atom is 0.323 e. The molecule has 0 spiro atoms. The molecule has 1 saturated heterocycles. The first-order valence-electron chi connectivity index (χ1n) is 4.35. The number of terminal acetylenes is 1. The minimum absolute atomic E-state index is 0.143. The minimum Gasteiger partial charge on any atom is -0.468 e. The third-order valence-electron chi connectivity index (χ3n) is 2.56. The average molecular weight is 181 g/mol. The van der Waals surface area contributed by atoms with Crippen LogP contribution in [0.25, 0.3) is 0 Å². The fraction of sp³-hybridized carbons (Fsp3) is 0.700. The molecule has 0 aromatic rings. The molecule has 0 aromatic carbocycles. The van der Waals surface area contributed by atoms with Gasteiger partial charge in [-0.3, -0.25) is 9.69 Å². The van der Waals surface area contributed by atoms with Gasteiger partial charge in [0.25, 0.3) is 0 Å². The van der Waals surface area contributed by atoms with E-state index in [1.807, 2.05) is 18.7 Å². The van der Waals surface area contributed by atoms with Crippen molar-refractivity contribution >= 4 is 5.97 Å². The SMILES string of the molecule is C#CC(C)(C)N1CCC1C(=O)OC. The molecule has 0 aromatic heterocycles. The summed E-state index contributed by atoms with van der Waals surface area (Å²) in [7, 11) is 1.40. The third kappa shape index (κ3) is 1.68. The quantitative estimate of drug-likeness (QED) is 0.462. The molecule has 13 heavy (non-hydrogen) atoms. The molecule has 0 N–H and O–H groups in total. The van der Waals surface area contributed by atoms with Gasteiger partial charge in [0.05, 0.1) is 12.6 Å². The Labute approximate surface area is 79.1 Å². The number of nitrogens with zero attached hydrogens (tertiary/aromatic N) is 1. The van der Waals surface area contributed by atoms with Crippen LogP contribution in [-0.4, -0.2) is 36.1 Å². The van der Waals surface area contributed by atoms with Crippen LogP contribution in [0.2, 0.25) is 0 Å². The molecule has 72 valence electrons. The van der Waals surface area contributed by atoms with E-state index in [9.17, 15) is 4.79 Å². The normalized spacial score (nSPS) is 23.1. The van der Waals surface area contributed by atoms with Crippen molar-refractivity contribution in [3.05, 3.63) is 0 Å². The number of likely N-dealkylation sites (tertiary alicyclic amines) is 1. The summed E-state index contributed by atoms with van der Waals surface area (Å²) in [6.45, 7) is 4.74. The van der Waals surface area contributed by atoms with E-state index in [1.54, 1.807) is 0 Å². The van der Waals surface area contributed by atoms with E-state index in [0.29, 0.717) is 0 Å². The van der Waals surface area contributed by atoms with Gasteiger partial charge in [0.1, 0.15) is 6.04 Å². The largest absolute Gasteiger partial charge is 0.468 e. The minimum atomic E-state index is -0.350. The molecule has 1 atom stereocenters. The molecule has 0 aliphatic carbocycles. The lowest BCUT2D eigenvalue weighted by Gasteiger charge is -2.46. The van der Waals surface area contributed by atoms with E-state index < -0.39 is 0 Å². The Morgan fingerprint density at radius 1 is 1.69 bits per heavy atom. The zero-order valence-electron chi connectivity index (χ0n) is 8.33. The summed E-state index contributed by atoms with van der Waals surface area (Å²) in [5.41, 5.74) is -0.350. The van der Waals surface area contributed by atoms with Gasteiger partial charge in [0.15, 0.2) is 0 Å². The average Bonchev–Trinajstić information content (AvgIpc) is 2.01. The van der Waals surface area contributed by atoms with Crippen LogP contribution in [0.4, 0.5) is 0 Å². The van der Waals surface area contributed by atoms with E-state index in [2.05, 4.69) is 10.7 Å². The third-order valence-corrected chi connectivity index (χ3v) is 2.56. The summed E-state index contributed by atoms with van der Waals surface area (Å²) in [6.07, 6.45) is 6.22. The van der Waals surface area contributed by atoms with Crippen molar-refractivity contribution in [1.29, 1.82) is 0 Å². The molecule has 0 saturated carbocycles. The number of rotatable bonds is 2. The predicted molar refractivity (Wildman–Crippen MR) is 50.0 cm³/mol. The van der Waals surface area contributed by atoms with Gasteiger partial charge in [-0.15, -0.1) is 6.42 Å². The van der Waals surface area contributed by atoms with Crippen LogP contribution < -0.4 is 0 Å². The number of hydrogen-bond acceptors (Lipinski definition) is 3. The summed E-state index contributed by atoms with van der Waals surface area (Å²) in [5.74, 6) is 2.48. The van der Waals surface area contributed by atoms with Gasteiger partial charge >= 0.3 is 5.97 Å².